The van der Waals surface area contributed by atoms with Gasteiger partial charge in [0, 0.05) is 19.8 Å². The Hall–Kier alpha value is -1.39. The highest BCUT2D eigenvalue weighted by atomic mass is 16.5. The second kappa shape index (κ2) is 8.02. The van der Waals surface area contributed by atoms with Crippen molar-refractivity contribution in [3.63, 3.8) is 0 Å². The smallest absolute Gasteiger partial charge is 0.317 e. The average Bonchev–Trinajstić information content (AvgIpc) is 2.48. The van der Waals surface area contributed by atoms with Crippen molar-refractivity contribution in [2.45, 2.75) is 32.1 Å². The summed E-state index contributed by atoms with van der Waals surface area (Å²) in [6, 6.07) is 7.79. The minimum Gasteiger partial charge on any atom is -0.468 e. The number of carbonyl (C=O) groups is 1. The van der Waals surface area contributed by atoms with E-state index in [-0.39, 0.29) is 12.5 Å². The number of benzene rings is 1. The van der Waals surface area contributed by atoms with Gasteiger partial charge in [0.1, 0.15) is 5.41 Å². The molecule has 2 N–H and O–H groups in total. The van der Waals surface area contributed by atoms with Crippen LogP contribution >= 0.6 is 0 Å². The van der Waals surface area contributed by atoms with Crippen molar-refractivity contribution in [3.05, 3.63) is 35.4 Å². The van der Waals surface area contributed by atoms with Crippen molar-refractivity contribution < 1.29 is 14.3 Å². The van der Waals surface area contributed by atoms with Crippen molar-refractivity contribution in [1.29, 1.82) is 0 Å². The van der Waals surface area contributed by atoms with Crippen LogP contribution in [-0.2, 0) is 19.7 Å². The molecule has 0 aromatic heterocycles. The molecule has 1 aromatic rings. The Balaban J connectivity index is 3.06. The number of aryl methyl sites for hydroxylation is 1. The van der Waals surface area contributed by atoms with E-state index < -0.39 is 5.41 Å². The van der Waals surface area contributed by atoms with Gasteiger partial charge in [-0.25, -0.2) is 0 Å². The largest absolute Gasteiger partial charge is 0.468 e. The predicted octanol–water partition coefficient (Wildman–Crippen LogP) is 2.18. The Labute approximate surface area is 121 Å². The number of rotatable bonds is 8. The molecule has 20 heavy (non-hydrogen) atoms. The molecular formula is C16H25NO3. The maximum absolute atomic E-state index is 12.3. The highest BCUT2D eigenvalue weighted by Crippen LogP contribution is 2.31. The van der Waals surface area contributed by atoms with Crippen LogP contribution in [-0.4, -0.2) is 32.8 Å². The third-order valence-corrected chi connectivity index (χ3v) is 3.61. The molecule has 1 unspecified atom stereocenters. The first-order chi connectivity index (χ1) is 9.62. The summed E-state index contributed by atoms with van der Waals surface area (Å²) in [7, 11) is 1.40. The summed E-state index contributed by atoms with van der Waals surface area (Å²) in [5.41, 5.74) is 7.08. The zero-order valence-electron chi connectivity index (χ0n) is 12.6. The Bertz CT molecular complexity index is 433. The van der Waals surface area contributed by atoms with E-state index in [0.717, 1.165) is 17.5 Å². The quantitative estimate of drug-likeness (QED) is 0.585. The van der Waals surface area contributed by atoms with E-state index in [1.54, 1.807) is 0 Å². The lowest BCUT2D eigenvalue weighted by Crippen LogP contribution is -2.45. The molecule has 0 bridgehead atoms. The van der Waals surface area contributed by atoms with E-state index in [9.17, 15) is 4.79 Å². The third kappa shape index (κ3) is 3.58. The van der Waals surface area contributed by atoms with Gasteiger partial charge in [-0.1, -0.05) is 31.2 Å². The van der Waals surface area contributed by atoms with E-state index in [1.165, 1.54) is 7.11 Å². The molecule has 0 saturated heterocycles. The minimum absolute atomic E-state index is 0.208. The van der Waals surface area contributed by atoms with Crippen molar-refractivity contribution in [3.8, 4) is 0 Å². The number of nitrogens with two attached hydrogens (primary N) is 1. The second-order valence-electron chi connectivity index (χ2n) is 4.96. The van der Waals surface area contributed by atoms with Gasteiger partial charge in [-0.3, -0.25) is 4.79 Å². The normalized spacial score (nSPS) is 13.8. The highest BCUT2D eigenvalue weighted by molar-refractivity contribution is 5.84. The number of carbonyl (C=O) groups excluding carboxylic acids is 1. The lowest BCUT2D eigenvalue weighted by atomic mass is 9.76. The number of esters is 1. The number of ether oxygens (including phenoxy) is 2. The van der Waals surface area contributed by atoms with Crippen LogP contribution in [0.3, 0.4) is 0 Å². The van der Waals surface area contributed by atoms with Gasteiger partial charge in [-0.05, 0) is 30.9 Å². The van der Waals surface area contributed by atoms with Gasteiger partial charge in [0.2, 0.25) is 0 Å². The molecule has 1 atom stereocenters. The standard InChI is InChI=1S/C16H25NO3/c1-4-10-20-11-9-16(12-17,15(18)19-3)14-8-6-5-7-13(14)2/h5-8H,4,9-12,17H2,1-3H3. The monoisotopic (exact) mass is 279 g/mol. The van der Waals surface area contributed by atoms with Crippen LogP contribution in [0.1, 0.15) is 30.9 Å². The van der Waals surface area contributed by atoms with Gasteiger partial charge in [0.15, 0.2) is 0 Å². The summed E-state index contributed by atoms with van der Waals surface area (Å²) in [6.45, 7) is 5.43. The van der Waals surface area contributed by atoms with Crippen LogP contribution in [0.25, 0.3) is 0 Å². The van der Waals surface area contributed by atoms with E-state index in [0.29, 0.717) is 19.6 Å². The van der Waals surface area contributed by atoms with Crippen LogP contribution in [0.4, 0.5) is 0 Å². The Kier molecular flexibility index (Phi) is 6.68. The van der Waals surface area contributed by atoms with E-state index >= 15 is 0 Å². The molecule has 0 aliphatic carbocycles. The van der Waals surface area contributed by atoms with Crippen LogP contribution in [0, 0.1) is 6.92 Å². The molecule has 0 radical (unpaired) electrons. The fourth-order valence-electron chi connectivity index (χ4n) is 2.44. The first-order valence-corrected chi connectivity index (χ1v) is 7.04. The Morgan fingerprint density at radius 3 is 2.55 bits per heavy atom. The fourth-order valence-corrected chi connectivity index (χ4v) is 2.44. The summed E-state index contributed by atoms with van der Waals surface area (Å²) in [4.78, 5) is 12.3. The first-order valence-electron chi connectivity index (χ1n) is 7.04. The number of hydrogen-bond acceptors (Lipinski definition) is 4. The SMILES string of the molecule is CCCOCCC(CN)(C(=O)OC)c1ccccc1C. The molecule has 0 heterocycles. The van der Waals surface area contributed by atoms with Crippen molar-refractivity contribution in [1.82, 2.24) is 0 Å². The summed E-state index contributed by atoms with van der Waals surface area (Å²) in [5.74, 6) is -0.297. The van der Waals surface area contributed by atoms with E-state index in [2.05, 4.69) is 6.92 Å². The van der Waals surface area contributed by atoms with Crippen molar-refractivity contribution >= 4 is 5.97 Å². The van der Waals surface area contributed by atoms with Crippen LogP contribution in [0.15, 0.2) is 24.3 Å². The summed E-state index contributed by atoms with van der Waals surface area (Å²) < 4.78 is 10.5. The highest BCUT2D eigenvalue weighted by Gasteiger charge is 2.40. The predicted molar refractivity (Wildman–Crippen MR) is 79.7 cm³/mol. The average molecular weight is 279 g/mol. The maximum atomic E-state index is 12.3. The molecular weight excluding hydrogens is 254 g/mol. The van der Waals surface area contributed by atoms with Crippen molar-refractivity contribution in [2.24, 2.45) is 5.73 Å². The topological polar surface area (TPSA) is 61.5 Å². The number of methoxy groups -OCH3 is 1. The fraction of sp³-hybridized carbons (Fsp3) is 0.562. The molecule has 1 rings (SSSR count). The minimum atomic E-state index is -0.826. The van der Waals surface area contributed by atoms with Crippen LogP contribution in [0.5, 0.6) is 0 Å². The first kappa shape index (κ1) is 16.7. The molecule has 0 fully saturated rings. The van der Waals surface area contributed by atoms with E-state index in [1.807, 2.05) is 31.2 Å². The lowest BCUT2D eigenvalue weighted by Gasteiger charge is -2.31. The Morgan fingerprint density at radius 2 is 2.00 bits per heavy atom. The van der Waals surface area contributed by atoms with Crippen LogP contribution in [0.2, 0.25) is 0 Å². The van der Waals surface area contributed by atoms with E-state index in [4.69, 9.17) is 15.2 Å². The lowest BCUT2D eigenvalue weighted by molar-refractivity contribution is -0.148. The molecule has 1 aromatic carbocycles. The molecule has 0 amide bonds. The van der Waals surface area contributed by atoms with Gasteiger partial charge >= 0.3 is 5.97 Å². The van der Waals surface area contributed by atoms with Gasteiger partial charge in [-0.15, -0.1) is 0 Å². The molecule has 0 aliphatic rings. The zero-order chi connectivity index (χ0) is 15.0. The third-order valence-electron chi connectivity index (χ3n) is 3.61. The molecule has 0 aliphatic heterocycles. The van der Waals surface area contributed by atoms with Crippen molar-refractivity contribution in [2.75, 3.05) is 26.9 Å². The summed E-state index contributed by atoms with van der Waals surface area (Å²) in [5, 5.41) is 0. The second-order valence-corrected chi connectivity index (χ2v) is 4.96. The molecule has 112 valence electrons. The zero-order valence-corrected chi connectivity index (χ0v) is 12.6. The Morgan fingerprint density at radius 1 is 1.30 bits per heavy atom. The van der Waals surface area contributed by atoms with Gasteiger partial charge < -0.3 is 15.2 Å². The number of hydrogen-bond donors (Lipinski definition) is 1. The van der Waals surface area contributed by atoms with Gasteiger partial charge in [-0.2, -0.15) is 0 Å². The molecule has 4 nitrogen and oxygen atoms in total. The molecule has 4 heteroatoms. The maximum Gasteiger partial charge on any atom is 0.317 e. The van der Waals surface area contributed by atoms with Crippen LogP contribution < -0.4 is 5.73 Å². The van der Waals surface area contributed by atoms with Gasteiger partial charge in [0.05, 0.1) is 7.11 Å². The van der Waals surface area contributed by atoms with Gasteiger partial charge in [0.25, 0.3) is 0 Å². The molecule has 0 spiro atoms. The summed E-state index contributed by atoms with van der Waals surface area (Å²) >= 11 is 0. The summed E-state index contributed by atoms with van der Waals surface area (Å²) in [6.07, 6.45) is 1.49. The molecule has 0 saturated carbocycles.